The second kappa shape index (κ2) is 5.98. The Bertz CT molecular complexity index is 178. The largest absolute Gasteiger partial charge is 0.355 e. The molecule has 2 N–H and O–H groups in total. The maximum Gasteiger partial charge on any atom is 0.234 e. The van der Waals surface area contributed by atoms with Crippen LogP contribution in [0.25, 0.3) is 0 Å². The SMILES string of the molecule is CC(C)NCCCNC(=O)CN1CC1. The van der Waals surface area contributed by atoms with Gasteiger partial charge in [-0.05, 0) is 13.0 Å². The molecule has 1 aliphatic heterocycles. The lowest BCUT2D eigenvalue weighted by Crippen LogP contribution is -2.32. The second-order valence-electron chi connectivity index (χ2n) is 4.09. The first-order valence-electron chi connectivity index (χ1n) is 5.41. The van der Waals surface area contributed by atoms with Crippen molar-refractivity contribution in [1.82, 2.24) is 15.5 Å². The topological polar surface area (TPSA) is 44.1 Å². The Hall–Kier alpha value is -0.610. The van der Waals surface area contributed by atoms with E-state index < -0.39 is 0 Å². The van der Waals surface area contributed by atoms with E-state index in [1.54, 1.807) is 0 Å². The number of carbonyl (C=O) groups excluding carboxylic acids is 1. The third-order valence-electron chi connectivity index (χ3n) is 2.14. The summed E-state index contributed by atoms with van der Waals surface area (Å²) < 4.78 is 0. The van der Waals surface area contributed by atoms with Crippen LogP contribution in [0.3, 0.4) is 0 Å². The Morgan fingerprint density at radius 1 is 1.36 bits per heavy atom. The van der Waals surface area contributed by atoms with Gasteiger partial charge >= 0.3 is 0 Å². The van der Waals surface area contributed by atoms with Gasteiger partial charge in [-0.1, -0.05) is 13.8 Å². The minimum absolute atomic E-state index is 0.159. The van der Waals surface area contributed by atoms with E-state index >= 15 is 0 Å². The molecule has 0 aromatic heterocycles. The molecule has 0 radical (unpaired) electrons. The highest BCUT2D eigenvalue weighted by Gasteiger charge is 2.19. The van der Waals surface area contributed by atoms with E-state index in [4.69, 9.17) is 0 Å². The summed E-state index contributed by atoms with van der Waals surface area (Å²) in [7, 11) is 0. The maximum atomic E-state index is 11.2. The third kappa shape index (κ3) is 5.94. The van der Waals surface area contributed by atoms with Gasteiger partial charge in [0.2, 0.25) is 5.91 Å². The van der Waals surface area contributed by atoms with E-state index in [2.05, 4.69) is 29.4 Å². The Morgan fingerprint density at radius 3 is 2.64 bits per heavy atom. The van der Waals surface area contributed by atoms with E-state index in [1.807, 2.05) is 0 Å². The van der Waals surface area contributed by atoms with Crippen LogP contribution in [0, 0.1) is 0 Å². The van der Waals surface area contributed by atoms with Crippen molar-refractivity contribution in [2.24, 2.45) is 0 Å². The standard InChI is InChI=1S/C10H21N3O/c1-9(2)11-4-3-5-12-10(14)8-13-6-7-13/h9,11H,3-8H2,1-2H3,(H,12,14). The average molecular weight is 199 g/mol. The van der Waals surface area contributed by atoms with Crippen LogP contribution in [0.4, 0.5) is 0 Å². The molecular formula is C10H21N3O. The van der Waals surface area contributed by atoms with E-state index in [-0.39, 0.29) is 5.91 Å². The molecule has 4 nitrogen and oxygen atoms in total. The summed E-state index contributed by atoms with van der Waals surface area (Å²) in [4.78, 5) is 13.3. The first-order chi connectivity index (χ1) is 6.68. The summed E-state index contributed by atoms with van der Waals surface area (Å²) in [6.07, 6.45) is 1.00. The van der Waals surface area contributed by atoms with Gasteiger partial charge in [0.15, 0.2) is 0 Å². The predicted molar refractivity (Wildman–Crippen MR) is 57.2 cm³/mol. The van der Waals surface area contributed by atoms with Crippen molar-refractivity contribution in [3.63, 3.8) is 0 Å². The molecule has 1 fully saturated rings. The van der Waals surface area contributed by atoms with Gasteiger partial charge in [0, 0.05) is 25.7 Å². The lowest BCUT2D eigenvalue weighted by atomic mass is 10.3. The summed E-state index contributed by atoms with van der Waals surface area (Å²) in [5.74, 6) is 0.159. The van der Waals surface area contributed by atoms with Gasteiger partial charge in [-0.2, -0.15) is 0 Å². The molecule has 0 aromatic rings. The van der Waals surface area contributed by atoms with Crippen molar-refractivity contribution in [2.75, 3.05) is 32.7 Å². The first kappa shape index (κ1) is 11.5. The summed E-state index contributed by atoms with van der Waals surface area (Å²) in [5.41, 5.74) is 0. The van der Waals surface area contributed by atoms with Gasteiger partial charge in [0.1, 0.15) is 0 Å². The average Bonchev–Trinajstić information content (AvgIpc) is 2.87. The number of carbonyl (C=O) groups is 1. The van der Waals surface area contributed by atoms with Crippen LogP contribution in [-0.2, 0) is 4.79 Å². The molecule has 0 unspecified atom stereocenters. The van der Waals surface area contributed by atoms with Crippen LogP contribution in [0.2, 0.25) is 0 Å². The number of hydrogen-bond acceptors (Lipinski definition) is 3. The minimum Gasteiger partial charge on any atom is -0.355 e. The zero-order chi connectivity index (χ0) is 10.4. The van der Waals surface area contributed by atoms with Crippen LogP contribution in [0.1, 0.15) is 20.3 Å². The number of amides is 1. The third-order valence-corrected chi connectivity index (χ3v) is 2.14. The highest BCUT2D eigenvalue weighted by atomic mass is 16.2. The minimum atomic E-state index is 0.159. The molecule has 1 saturated heterocycles. The molecule has 0 spiro atoms. The fourth-order valence-electron chi connectivity index (χ4n) is 1.19. The quantitative estimate of drug-likeness (QED) is 0.441. The van der Waals surface area contributed by atoms with E-state index in [9.17, 15) is 4.79 Å². The van der Waals surface area contributed by atoms with Gasteiger partial charge in [0.25, 0.3) is 0 Å². The number of rotatable bonds is 7. The summed E-state index contributed by atoms with van der Waals surface area (Å²) in [5, 5.41) is 6.22. The van der Waals surface area contributed by atoms with Gasteiger partial charge < -0.3 is 10.6 Å². The van der Waals surface area contributed by atoms with Crippen molar-refractivity contribution in [3.8, 4) is 0 Å². The Labute approximate surface area is 86.0 Å². The van der Waals surface area contributed by atoms with Crippen LogP contribution < -0.4 is 10.6 Å². The normalized spacial score (nSPS) is 15.9. The van der Waals surface area contributed by atoms with Crippen molar-refractivity contribution >= 4 is 5.91 Å². The molecule has 82 valence electrons. The number of nitrogens with one attached hydrogen (secondary N) is 2. The molecule has 0 aromatic carbocycles. The van der Waals surface area contributed by atoms with Crippen LogP contribution in [0.15, 0.2) is 0 Å². The molecule has 14 heavy (non-hydrogen) atoms. The fraction of sp³-hybridized carbons (Fsp3) is 0.900. The highest BCUT2D eigenvalue weighted by molar-refractivity contribution is 5.78. The molecule has 4 heteroatoms. The molecule has 1 heterocycles. The Kier molecular flexibility index (Phi) is 4.90. The smallest absolute Gasteiger partial charge is 0.234 e. The highest BCUT2D eigenvalue weighted by Crippen LogP contribution is 2.00. The predicted octanol–water partition coefficient (Wildman–Crippen LogP) is -0.194. The number of hydrogen-bond donors (Lipinski definition) is 2. The van der Waals surface area contributed by atoms with Gasteiger partial charge in [-0.15, -0.1) is 0 Å². The summed E-state index contributed by atoms with van der Waals surface area (Å²) in [6.45, 7) is 8.76. The van der Waals surface area contributed by atoms with Crippen LogP contribution >= 0.6 is 0 Å². The van der Waals surface area contributed by atoms with E-state index in [0.29, 0.717) is 12.6 Å². The monoisotopic (exact) mass is 199 g/mol. The molecular weight excluding hydrogens is 178 g/mol. The zero-order valence-electron chi connectivity index (χ0n) is 9.18. The van der Waals surface area contributed by atoms with E-state index in [0.717, 1.165) is 32.6 Å². The molecule has 0 bridgehead atoms. The van der Waals surface area contributed by atoms with Crippen LogP contribution in [-0.4, -0.2) is 49.6 Å². The van der Waals surface area contributed by atoms with Gasteiger partial charge in [-0.3, -0.25) is 9.69 Å². The van der Waals surface area contributed by atoms with Crippen LogP contribution in [0.5, 0.6) is 0 Å². The molecule has 0 atom stereocenters. The van der Waals surface area contributed by atoms with Gasteiger partial charge in [0.05, 0.1) is 6.54 Å². The molecule has 1 amide bonds. The van der Waals surface area contributed by atoms with Crippen molar-refractivity contribution < 1.29 is 4.79 Å². The Morgan fingerprint density at radius 2 is 2.07 bits per heavy atom. The lowest BCUT2D eigenvalue weighted by Gasteiger charge is -2.08. The second-order valence-corrected chi connectivity index (χ2v) is 4.09. The molecule has 0 aliphatic carbocycles. The molecule has 1 aliphatic rings. The molecule has 0 saturated carbocycles. The van der Waals surface area contributed by atoms with Crippen molar-refractivity contribution in [3.05, 3.63) is 0 Å². The molecule has 1 rings (SSSR count). The first-order valence-corrected chi connectivity index (χ1v) is 5.41. The maximum absolute atomic E-state index is 11.2. The van der Waals surface area contributed by atoms with Crippen molar-refractivity contribution in [2.45, 2.75) is 26.3 Å². The zero-order valence-corrected chi connectivity index (χ0v) is 9.18. The van der Waals surface area contributed by atoms with Gasteiger partial charge in [-0.25, -0.2) is 0 Å². The fourth-order valence-corrected chi connectivity index (χ4v) is 1.19. The summed E-state index contributed by atoms with van der Waals surface area (Å²) in [6, 6.07) is 0.531. The number of nitrogens with zero attached hydrogens (tertiary/aromatic N) is 1. The lowest BCUT2D eigenvalue weighted by molar-refractivity contribution is -0.121. The Balaban J connectivity index is 1.84. The van der Waals surface area contributed by atoms with E-state index in [1.165, 1.54) is 0 Å². The van der Waals surface area contributed by atoms with Crippen molar-refractivity contribution in [1.29, 1.82) is 0 Å². The summed E-state index contributed by atoms with van der Waals surface area (Å²) >= 11 is 0.